The van der Waals surface area contributed by atoms with Gasteiger partial charge in [-0.15, -0.1) is 0 Å². The lowest BCUT2D eigenvalue weighted by Gasteiger charge is -2.09. The molecule has 1 aromatic rings. The van der Waals surface area contributed by atoms with E-state index < -0.39 is 10.0 Å². The van der Waals surface area contributed by atoms with Gasteiger partial charge < -0.3 is 15.8 Å². The summed E-state index contributed by atoms with van der Waals surface area (Å²) in [5.41, 5.74) is 5.68. The predicted molar refractivity (Wildman–Crippen MR) is 80.6 cm³/mol. The quantitative estimate of drug-likeness (QED) is 0.469. The number of amides is 1. The summed E-state index contributed by atoms with van der Waals surface area (Å²) in [6.45, 7) is 0.758. The minimum atomic E-state index is -3.77. The van der Waals surface area contributed by atoms with Crippen LogP contribution in [0.25, 0.3) is 0 Å². The summed E-state index contributed by atoms with van der Waals surface area (Å²) in [6.07, 6.45) is 0.0242. The SMILES string of the molecule is COCCNC(=O)CCNS(=O)(=O)c1ccc(Cl)cc1N. The number of anilines is 1. The molecule has 0 atom stereocenters. The van der Waals surface area contributed by atoms with Crippen LogP contribution in [0.5, 0.6) is 0 Å². The normalized spacial score (nSPS) is 11.3. The molecular formula is C12H18ClN3O4S. The Labute approximate surface area is 128 Å². The van der Waals surface area contributed by atoms with Crippen LogP contribution in [0.2, 0.25) is 5.02 Å². The summed E-state index contributed by atoms with van der Waals surface area (Å²) in [4.78, 5) is 11.3. The number of hydrogen-bond donors (Lipinski definition) is 3. The van der Waals surface area contributed by atoms with E-state index in [1.165, 1.54) is 25.3 Å². The summed E-state index contributed by atoms with van der Waals surface area (Å²) in [6, 6.07) is 4.11. The van der Waals surface area contributed by atoms with Gasteiger partial charge in [0.15, 0.2) is 0 Å². The minimum absolute atomic E-state index is 0.0242. The van der Waals surface area contributed by atoms with E-state index in [1.807, 2.05) is 0 Å². The lowest BCUT2D eigenvalue weighted by atomic mass is 10.3. The van der Waals surface area contributed by atoms with Crippen molar-refractivity contribution < 1.29 is 17.9 Å². The van der Waals surface area contributed by atoms with E-state index in [4.69, 9.17) is 22.1 Å². The number of carbonyl (C=O) groups is 1. The summed E-state index contributed by atoms with van der Waals surface area (Å²) in [7, 11) is -2.24. The number of methoxy groups -OCH3 is 1. The molecule has 9 heteroatoms. The molecule has 0 spiro atoms. The molecule has 0 radical (unpaired) electrons. The van der Waals surface area contributed by atoms with E-state index in [0.29, 0.717) is 18.2 Å². The average Bonchev–Trinajstić information content (AvgIpc) is 2.38. The molecule has 0 bridgehead atoms. The number of nitrogens with one attached hydrogen (secondary N) is 2. The zero-order valence-corrected chi connectivity index (χ0v) is 13.1. The maximum absolute atomic E-state index is 12.0. The Hall–Kier alpha value is -1.35. The minimum Gasteiger partial charge on any atom is -0.398 e. The number of benzene rings is 1. The van der Waals surface area contributed by atoms with Crippen molar-refractivity contribution in [1.82, 2.24) is 10.0 Å². The largest absolute Gasteiger partial charge is 0.398 e. The van der Waals surface area contributed by atoms with Gasteiger partial charge in [0.1, 0.15) is 4.90 Å². The monoisotopic (exact) mass is 335 g/mol. The number of carbonyl (C=O) groups excluding carboxylic acids is 1. The Kier molecular flexibility index (Phi) is 6.90. The van der Waals surface area contributed by atoms with Gasteiger partial charge in [-0.1, -0.05) is 11.6 Å². The maximum Gasteiger partial charge on any atom is 0.242 e. The van der Waals surface area contributed by atoms with Crippen molar-refractivity contribution in [3.8, 4) is 0 Å². The summed E-state index contributed by atoms with van der Waals surface area (Å²) < 4.78 is 31.1. The number of rotatable bonds is 8. The van der Waals surface area contributed by atoms with Crippen molar-refractivity contribution in [2.24, 2.45) is 0 Å². The van der Waals surface area contributed by atoms with Gasteiger partial charge in [0.05, 0.1) is 12.3 Å². The molecule has 118 valence electrons. The maximum atomic E-state index is 12.0. The fourth-order valence-electron chi connectivity index (χ4n) is 1.52. The molecule has 0 aliphatic carbocycles. The van der Waals surface area contributed by atoms with Crippen LogP contribution >= 0.6 is 11.6 Å². The van der Waals surface area contributed by atoms with Crippen LogP contribution in [0.4, 0.5) is 5.69 Å². The van der Waals surface area contributed by atoms with Crippen LogP contribution in [0.15, 0.2) is 23.1 Å². The third-order valence-corrected chi connectivity index (χ3v) is 4.30. The molecule has 4 N–H and O–H groups in total. The zero-order valence-electron chi connectivity index (χ0n) is 11.6. The highest BCUT2D eigenvalue weighted by atomic mass is 35.5. The molecule has 0 saturated carbocycles. The first-order valence-electron chi connectivity index (χ1n) is 6.17. The highest BCUT2D eigenvalue weighted by Gasteiger charge is 2.17. The first-order valence-corrected chi connectivity index (χ1v) is 8.03. The Morgan fingerprint density at radius 2 is 2.10 bits per heavy atom. The Bertz CT molecular complexity index is 592. The van der Waals surface area contributed by atoms with E-state index in [9.17, 15) is 13.2 Å². The molecule has 7 nitrogen and oxygen atoms in total. The number of nitrogen functional groups attached to an aromatic ring is 1. The van der Waals surface area contributed by atoms with Crippen molar-refractivity contribution in [3.05, 3.63) is 23.2 Å². The fraction of sp³-hybridized carbons (Fsp3) is 0.417. The topological polar surface area (TPSA) is 111 Å². The predicted octanol–water partition coefficient (Wildman–Crippen LogP) is 0.353. The van der Waals surface area contributed by atoms with Crippen molar-refractivity contribution in [3.63, 3.8) is 0 Å². The van der Waals surface area contributed by atoms with Crippen molar-refractivity contribution in [2.75, 3.05) is 32.5 Å². The molecule has 0 aromatic heterocycles. The standard InChI is InChI=1S/C12H18ClN3O4S/c1-20-7-6-15-12(17)4-5-16-21(18,19)11-3-2-9(13)8-10(11)14/h2-3,8,16H,4-7,14H2,1H3,(H,15,17). The Morgan fingerprint density at radius 3 is 2.71 bits per heavy atom. The van der Waals surface area contributed by atoms with Gasteiger partial charge in [-0.2, -0.15) is 0 Å². The molecule has 1 rings (SSSR count). The number of sulfonamides is 1. The lowest BCUT2D eigenvalue weighted by molar-refractivity contribution is -0.121. The summed E-state index contributed by atoms with van der Waals surface area (Å²) in [5.74, 6) is -0.265. The highest BCUT2D eigenvalue weighted by molar-refractivity contribution is 7.89. The second-order valence-electron chi connectivity index (χ2n) is 4.17. The fourth-order valence-corrected chi connectivity index (χ4v) is 2.84. The second kappa shape index (κ2) is 8.18. The molecule has 0 heterocycles. The molecule has 0 aliphatic rings. The van der Waals surface area contributed by atoms with Crippen LogP contribution in [0.3, 0.4) is 0 Å². The molecule has 1 amide bonds. The molecule has 21 heavy (non-hydrogen) atoms. The van der Waals surface area contributed by atoms with E-state index >= 15 is 0 Å². The smallest absolute Gasteiger partial charge is 0.242 e. The van der Waals surface area contributed by atoms with E-state index in [-0.39, 0.29) is 29.5 Å². The number of nitrogens with two attached hydrogens (primary N) is 1. The first kappa shape index (κ1) is 17.7. The van der Waals surface area contributed by atoms with Gasteiger partial charge >= 0.3 is 0 Å². The van der Waals surface area contributed by atoms with Crippen LogP contribution in [0, 0.1) is 0 Å². The number of hydrogen-bond acceptors (Lipinski definition) is 5. The number of halogens is 1. The van der Waals surface area contributed by atoms with Crippen molar-refractivity contribution >= 4 is 33.2 Å². The van der Waals surface area contributed by atoms with Crippen molar-refractivity contribution in [2.45, 2.75) is 11.3 Å². The van der Waals surface area contributed by atoms with Crippen LogP contribution in [-0.2, 0) is 19.6 Å². The third-order valence-electron chi connectivity index (χ3n) is 2.53. The van der Waals surface area contributed by atoms with Crippen LogP contribution < -0.4 is 15.8 Å². The van der Waals surface area contributed by atoms with Gasteiger partial charge in [-0.05, 0) is 18.2 Å². The van der Waals surface area contributed by atoms with Crippen LogP contribution in [-0.4, -0.2) is 41.1 Å². The van der Waals surface area contributed by atoms with E-state index in [2.05, 4.69) is 10.0 Å². The van der Waals surface area contributed by atoms with Gasteiger partial charge in [-0.3, -0.25) is 4.79 Å². The zero-order chi connectivity index (χ0) is 15.9. The van der Waals surface area contributed by atoms with Crippen molar-refractivity contribution in [1.29, 1.82) is 0 Å². The van der Waals surface area contributed by atoms with Gasteiger partial charge in [0.25, 0.3) is 0 Å². The lowest BCUT2D eigenvalue weighted by Crippen LogP contribution is -2.32. The van der Waals surface area contributed by atoms with E-state index in [0.717, 1.165) is 0 Å². The van der Waals surface area contributed by atoms with Crippen LogP contribution in [0.1, 0.15) is 6.42 Å². The second-order valence-corrected chi connectivity index (χ2v) is 6.34. The molecule has 0 aliphatic heterocycles. The molecule has 0 saturated heterocycles. The molecule has 0 unspecified atom stereocenters. The van der Waals surface area contributed by atoms with Gasteiger partial charge in [0, 0.05) is 31.6 Å². The highest BCUT2D eigenvalue weighted by Crippen LogP contribution is 2.22. The van der Waals surface area contributed by atoms with Gasteiger partial charge in [-0.25, -0.2) is 13.1 Å². The Balaban J connectivity index is 2.52. The van der Waals surface area contributed by atoms with Gasteiger partial charge in [0.2, 0.25) is 15.9 Å². The molecule has 1 aromatic carbocycles. The summed E-state index contributed by atoms with van der Waals surface area (Å²) >= 11 is 5.72. The van der Waals surface area contributed by atoms with E-state index in [1.54, 1.807) is 0 Å². The third kappa shape index (κ3) is 5.88. The Morgan fingerprint density at radius 1 is 1.38 bits per heavy atom. The summed E-state index contributed by atoms with van der Waals surface area (Å²) in [5, 5.41) is 2.94. The first-order chi connectivity index (χ1) is 9.86. The molecular weight excluding hydrogens is 318 g/mol. The molecule has 0 fully saturated rings. The number of ether oxygens (including phenoxy) is 1. The average molecular weight is 336 g/mol.